The lowest BCUT2D eigenvalue weighted by atomic mass is 10.1. The predicted molar refractivity (Wildman–Crippen MR) is 80.4 cm³/mol. The maximum Gasteiger partial charge on any atom is 0.161 e. The zero-order chi connectivity index (χ0) is 13.3. The van der Waals surface area contributed by atoms with Crippen molar-refractivity contribution >= 4 is 38.8 Å². The van der Waals surface area contributed by atoms with Crippen LogP contribution in [0.15, 0.2) is 16.6 Å². The fourth-order valence-corrected chi connectivity index (χ4v) is 3.27. The van der Waals surface area contributed by atoms with E-state index in [9.17, 15) is 4.39 Å². The van der Waals surface area contributed by atoms with E-state index in [0.717, 1.165) is 6.42 Å². The largest absolute Gasteiger partial charge is 0.389 e. The SMILES string of the molecule is CC1CCCC1Nc1ccc(C(N)=S)c(Br)c1F. The van der Waals surface area contributed by atoms with Gasteiger partial charge in [-0.2, -0.15) is 0 Å². The summed E-state index contributed by atoms with van der Waals surface area (Å²) in [4.78, 5) is 0.196. The lowest BCUT2D eigenvalue weighted by molar-refractivity contribution is 0.549. The molecule has 2 atom stereocenters. The fourth-order valence-electron chi connectivity index (χ4n) is 2.41. The van der Waals surface area contributed by atoms with Crippen LogP contribution in [0.3, 0.4) is 0 Å². The summed E-state index contributed by atoms with van der Waals surface area (Å²) in [6.07, 6.45) is 3.49. The standard InChI is InChI=1S/C13H16BrFN2S/c1-7-3-2-4-9(7)17-10-6-5-8(13(16)18)11(14)12(10)15/h5-7,9,17H,2-4H2,1H3,(H2,16,18). The molecule has 0 amide bonds. The average molecular weight is 331 g/mol. The summed E-state index contributed by atoms with van der Waals surface area (Å²) in [5, 5.41) is 3.28. The van der Waals surface area contributed by atoms with Gasteiger partial charge in [0.1, 0.15) is 4.99 Å². The van der Waals surface area contributed by atoms with Gasteiger partial charge in [0.25, 0.3) is 0 Å². The van der Waals surface area contributed by atoms with Crippen LogP contribution in [-0.2, 0) is 0 Å². The molecule has 0 saturated heterocycles. The quantitative estimate of drug-likeness (QED) is 0.827. The van der Waals surface area contributed by atoms with Crippen molar-refractivity contribution < 1.29 is 4.39 Å². The normalized spacial score (nSPS) is 23.1. The van der Waals surface area contributed by atoms with Crippen LogP contribution >= 0.6 is 28.1 Å². The Kier molecular flexibility index (Phi) is 4.22. The molecule has 5 heteroatoms. The second kappa shape index (κ2) is 5.53. The van der Waals surface area contributed by atoms with Crippen molar-refractivity contribution in [2.45, 2.75) is 32.2 Å². The van der Waals surface area contributed by atoms with E-state index in [1.54, 1.807) is 12.1 Å². The first-order valence-electron chi connectivity index (χ1n) is 6.05. The summed E-state index contributed by atoms with van der Waals surface area (Å²) in [5.41, 5.74) is 6.58. The third-order valence-electron chi connectivity index (χ3n) is 3.55. The van der Waals surface area contributed by atoms with Gasteiger partial charge in [0.15, 0.2) is 5.82 Å². The molecule has 18 heavy (non-hydrogen) atoms. The highest BCUT2D eigenvalue weighted by Gasteiger charge is 2.24. The molecule has 0 spiro atoms. The van der Waals surface area contributed by atoms with Gasteiger partial charge in [-0.3, -0.25) is 0 Å². The Morgan fingerprint density at radius 3 is 2.78 bits per heavy atom. The van der Waals surface area contributed by atoms with Crippen LogP contribution < -0.4 is 11.1 Å². The number of nitrogens with one attached hydrogen (secondary N) is 1. The molecule has 98 valence electrons. The first-order valence-corrected chi connectivity index (χ1v) is 7.25. The first kappa shape index (κ1) is 13.7. The van der Waals surface area contributed by atoms with Crippen LogP contribution in [-0.4, -0.2) is 11.0 Å². The number of hydrogen-bond donors (Lipinski definition) is 2. The molecule has 1 aliphatic rings. The second-order valence-electron chi connectivity index (χ2n) is 4.81. The third-order valence-corrected chi connectivity index (χ3v) is 4.55. The van der Waals surface area contributed by atoms with Gasteiger partial charge < -0.3 is 11.1 Å². The molecule has 2 nitrogen and oxygen atoms in total. The molecule has 0 aliphatic heterocycles. The topological polar surface area (TPSA) is 38.0 Å². The Morgan fingerprint density at radius 1 is 1.50 bits per heavy atom. The van der Waals surface area contributed by atoms with Crippen LogP contribution in [0.25, 0.3) is 0 Å². The van der Waals surface area contributed by atoms with E-state index in [1.165, 1.54) is 12.8 Å². The molecule has 2 unspecified atom stereocenters. The number of halogens is 2. The Labute approximate surface area is 120 Å². The number of benzene rings is 1. The van der Waals surface area contributed by atoms with E-state index >= 15 is 0 Å². The molecule has 1 aromatic rings. The number of anilines is 1. The maximum absolute atomic E-state index is 14.2. The number of nitrogens with two attached hydrogens (primary N) is 1. The predicted octanol–water partition coefficient (Wildman–Crippen LogP) is 3.82. The molecule has 1 saturated carbocycles. The smallest absolute Gasteiger partial charge is 0.161 e. The Balaban J connectivity index is 2.24. The third kappa shape index (κ3) is 2.67. The number of rotatable bonds is 3. The highest BCUT2D eigenvalue weighted by molar-refractivity contribution is 9.10. The summed E-state index contributed by atoms with van der Waals surface area (Å²) in [7, 11) is 0. The van der Waals surface area contributed by atoms with Crippen LogP contribution in [0.2, 0.25) is 0 Å². The van der Waals surface area contributed by atoms with Gasteiger partial charge >= 0.3 is 0 Å². The molecule has 2 rings (SSSR count). The Morgan fingerprint density at radius 2 is 2.22 bits per heavy atom. The van der Waals surface area contributed by atoms with Gasteiger partial charge in [-0.25, -0.2) is 4.39 Å². The van der Waals surface area contributed by atoms with Gasteiger partial charge in [0, 0.05) is 11.6 Å². The summed E-state index contributed by atoms with van der Waals surface area (Å²) < 4.78 is 14.5. The molecule has 1 fully saturated rings. The van der Waals surface area contributed by atoms with Gasteiger partial charge in [0.2, 0.25) is 0 Å². The summed E-state index contributed by atoms with van der Waals surface area (Å²) in [6.45, 7) is 2.20. The van der Waals surface area contributed by atoms with Crippen molar-refractivity contribution in [2.24, 2.45) is 11.7 Å². The zero-order valence-electron chi connectivity index (χ0n) is 10.2. The Hall–Kier alpha value is -0.680. The van der Waals surface area contributed by atoms with Crippen LogP contribution in [0.4, 0.5) is 10.1 Å². The first-order chi connectivity index (χ1) is 8.50. The maximum atomic E-state index is 14.2. The van der Waals surface area contributed by atoms with Crippen molar-refractivity contribution in [3.63, 3.8) is 0 Å². The highest BCUT2D eigenvalue weighted by Crippen LogP contribution is 2.32. The van der Waals surface area contributed by atoms with Gasteiger partial charge in [-0.15, -0.1) is 0 Å². The van der Waals surface area contributed by atoms with Crippen LogP contribution in [0.1, 0.15) is 31.7 Å². The van der Waals surface area contributed by atoms with E-state index in [4.69, 9.17) is 18.0 Å². The van der Waals surface area contributed by atoms with E-state index in [0.29, 0.717) is 27.7 Å². The molecular weight excluding hydrogens is 315 g/mol. The molecule has 0 radical (unpaired) electrons. The van der Waals surface area contributed by atoms with Crippen molar-refractivity contribution in [1.82, 2.24) is 0 Å². The highest BCUT2D eigenvalue weighted by atomic mass is 79.9. The monoisotopic (exact) mass is 330 g/mol. The van der Waals surface area contributed by atoms with Crippen molar-refractivity contribution in [1.29, 1.82) is 0 Å². The number of thiocarbonyl (C=S) groups is 1. The average Bonchev–Trinajstić information content (AvgIpc) is 2.70. The second-order valence-corrected chi connectivity index (χ2v) is 6.04. The molecule has 3 N–H and O–H groups in total. The van der Waals surface area contributed by atoms with Crippen molar-refractivity contribution in [2.75, 3.05) is 5.32 Å². The van der Waals surface area contributed by atoms with E-state index < -0.39 is 0 Å². The van der Waals surface area contributed by atoms with Crippen LogP contribution in [0.5, 0.6) is 0 Å². The van der Waals surface area contributed by atoms with Crippen molar-refractivity contribution in [3.05, 3.63) is 28.0 Å². The molecule has 0 heterocycles. The van der Waals surface area contributed by atoms with Crippen molar-refractivity contribution in [3.8, 4) is 0 Å². The summed E-state index contributed by atoms with van der Waals surface area (Å²) in [5.74, 6) is 0.262. The minimum absolute atomic E-state index is 0.196. The number of hydrogen-bond acceptors (Lipinski definition) is 2. The summed E-state index contributed by atoms with van der Waals surface area (Å²) in [6, 6.07) is 3.80. The fraction of sp³-hybridized carbons (Fsp3) is 0.462. The summed E-state index contributed by atoms with van der Waals surface area (Å²) >= 11 is 8.09. The van der Waals surface area contributed by atoms with Gasteiger partial charge in [-0.1, -0.05) is 25.6 Å². The lowest BCUT2D eigenvalue weighted by Gasteiger charge is -2.20. The van der Waals surface area contributed by atoms with Crippen LogP contribution in [0, 0.1) is 11.7 Å². The van der Waals surface area contributed by atoms with E-state index in [1.807, 2.05) is 0 Å². The van der Waals surface area contributed by atoms with E-state index in [2.05, 4.69) is 28.2 Å². The minimum Gasteiger partial charge on any atom is -0.389 e. The Bertz CT molecular complexity index is 478. The molecule has 0 bridgehead atoms. The minimum atomic E-state index is -0.320. The molecular formula is C13H16BrFN2S. The molecule has 1 aromatic carbocycles. The molecule has 1 aliphatic carbocycles. The van der Waals surface area contributed by atoms with Gasteiger partial charge in [-0.05, 0) is 46.8 Å². The lowest BCUT2D eigenvalue weighted by Crippen LogP contribution is -2.23. The molecule has 0 aromatic heterocycles. The zero-order valence-corrected chi connectivity index (χ0v) is 12.6. The van der Waals surface area contributed by atoms with Gasteiger partial charge in [0.05, 0.1) is 10.2 Å². The van der Waals surface area contributed by atoms with E-state index in [-0.39, 0.29) is 10.8 Å².